The molecule has 0 aliphatic carbocycles. The van der Waals surface area contributed by atoms with Crippen LogP contribution in [0.25, 0.3) is 0 Å². The fraction of sp³-hybridized carbons (Fsp3) is 0.966. The van der Waals surface area contributed by atoms with Crippen molar-refractivity contribution in [3.8, 4) is 0 Å². The number of hydrogen-bond donors (Lipinski definition) is 0. The van der Waals surface area contributed by atoms with Gasteiger partial charge in [0, 0.05) is 13.5 Å². The van der Waals surface area contributed by atoms with Gasteiger partial charge in [0.1, 0.15) is 6.29 Å². The predicted molar refractivity (Wildman–Crippen MR) is 138 cm³/mol. The van der Waals surface area contributed by atoms with E-state index in [-0.39, 0.29) is 0 Å². The lowest BCUT2D eigenvalue weighted by atomic mass is 9.93. The molecule has 2 atom stereocenters. The van der Waals surface area contributed by atoms with Crippen molar-refractivity contribution in [3.05, 3.63) is 0 Å². The second-order valence-corrected chi connectivity index (χ2v) is 10.0. The Morgan fingerprint density at radius 2 is 0.968 bits per heavy atom. The summed E-state index contributed by atoms with van der Waals surface area (Å²) in [5.74, 6) is 0.673. The van der Waals surface area contributed by atoms with Crippen molar-refractivity contribution >= 4 is 6.29 Å². The van der Waals surface area contributed by atoms with Crippen LogP contribution >= 0.6 is 0 Å². The molecule has 0 aromatic rings. The van der Waals surface area contributed by atoms with E-state index in [2.05, 4.69) is 13.8 Å². The third-order valence-corrected chi connectivity index (χ3v) is 7.01. The van der Waals surface area contributed by atoms with Gasteiger partial charge in [-0.1, -0.05) is 136 Å². The van der Waals surface area contributed by atoms with Crippen LogP contribution in [0, 0.1) is 5.92 Å². The maximum atomic E-state index is 10.3. The molecule has 0 unspecified atom stereocenters. The van der Waals surface area contributed by atoms with E-state index in [4.69, 9.17) is 4.74 Å². The summed E-state index contributed by atoms with van der Waals surface area (Å²) in [6.45, 7) is 4.66. The first-order valence-electron chi connectivity index (χ1n) is 14.2. The first-order valence-corrected chi connectivity index (χ1v) is 14.2. The summed E-state index contributed by atoms with van der Waals surface area (Å²) in [7, 11) is 1.88. The molecule has 0 bridgehead atoms. The summed E-state index contributed by atoms with van der Waals surface area (Å²) in [5, 5.41) is 0. The fourth-order valence-electron chi connectivity index (χ4n) is 4.76. The van der Waals surface area contributed by atoms with Crippen molar-refractivity contribution in [3.63, 3.8) is 0 Å². The number of hydrogen-bond acceptors (Lipinski definition) is 2. The molecule has 0 aliphatic heterocycles. The third-order valence-electron chi connectivity index (χ3n) is 7.01. The number of unbranched alkanes of at least 4 members (excludes halogenated alkanes) is 19. The fourth-order valence-corrected chi connectivity index (χ4v) is 4.76. The Morgan fingerprint density at radius 1 is 0.581 bits per heavy atom. The van der Waals surface area contributed by atoms with E-state index in [0.29, 0.717) is 12.0 Å². The summed E-state index contributed by atoms with van der Waals surface area (Å²) in [4.78, 5) is 10.3. The van der Waals surface area contributed by atoms with Gasteiger partial charge < -0.3 is 9.53 Å². The topological polar surface area (TPSA) is 26.3 Å². The van der Waals surface area contributed by atoms with Gasteiger partial charge in [-0.25, -0.2) is 0 Å². The molecule has 2 nitrogen and oxygen atoms in total. The minimum absolute atomic E-state index is 0.419. The molecule has 2 heteroatoms. The van der Waals surface area contributed by atoms with Gasteiger partial charge in [0.2, 0.25) is 0 Å². The molecule has 0 fully saturated rings. The molecule has 0 aliphatic rings. The van der Waals surface area contributed by atoms with Gasteiger partial charge in [0.05, 0.1) is 6.10 Å². The monoisotopic (exact) mass is 438 g/mol. The Kier molecular flexibility index (Phi) is 25.6. The molecule has 0 aromatic carbocycles. The summed E-state index contributed by atoms with van der Waals surface area (Å²) in [5.41, 5.74) is 0. The molecule has 0 saturated carbocycles. The van der Waals surface area contributed by atoms with Crippen molar-refractivity contribution in [1.82, 2.24) is 0 Å². The maximum absolute atomic E-state index is 10.3. The Labute approximate surface area is 196 Å². The minimum atomic E-state index is 0.419. The van der Waals surface area contributed by atoms with Crippen LogP contribution in [0.1, 0.15) is 162 Å². The normalized spacial score (nSPS) is 13.4. The van der Waals surface area contributed by atoms with Gasteiger partial charge in [-0.05, 0) is 25.2 Å². The summed E-state index contributed by atoms with van der Waals surface area (Å²) in [6, 6.07) is 0. The molecule has 0 amide bonds. The standard InChI is InChI=1S/C29H58O2/c1-4-5-6-7-8-9-10-11-12-13-14-15-16-17-19-22-25-28(2)29(31-3)26-23-20-18-21-24-27-30/h27-29H,4-26H2,1-3H3/t28-,29-/m0/s1. The Morgan fingerprint density at radius 3 is 1.39 bits per heavy atom. The van der Waals surface area contributed by atoms with Crippen LogP contribution in [-0.2, 0) is 9.53 Å². The van der Waals surface area contributed by atoms with E-state index >= 15 is 0 Å². The first-order chi connectivity index (χ1) is 15.3. The number of ether oxygens (including phenoxy) is 1. The molecular formula is C29H58O2. The van der Waals surface area contributed by atoms with Crippen LogP contribution < -0.4 is 0 Å². The number of methoxy groups -OCH3 is 1. The third kappa shape index (κ3) is 22.6. The van der Waals surface area contributed by atoms with E-state index in [9.17, 15) is 4.79 Å². The zero-order chi connectivity index (χ0) is 22.8. The summed E-state index contributed by atoms with van der Waals surface area (Å²) >= 11 is 0. The van der Waals surface area contributed by atoms with Crippen LogP contribution in [0.2, 0.25) is 0 Å². The average molecular weight is 439 g/mol. The van der Waals surface area contributed by atoms with Gasteiger partial charge in [-0.2, -0.15) is 0 Å². The molecule has 0 aromatic heterocycles. The number of carbonyl (C=O) groups is 1. The molecule has 0 N–H and O–H groups in total. The van der Waals surface area contributed by atoms with Crippen molar-refractivity contribution in [2.24, 2.45) is 5.92 Å². The lowest BCUT2D eigenvalue weighted by Crippen LogP contribution is -2.20. The zero-order valence-corrected chi connectivity index (χ0v) is 21.8. The highest BCUT2D eigenvalue weighted by Gasteiger charge is 2.15. The zero-order valence-electron chi connectivity index (χ0n) is 21.8. The van der Waals surface area contributed by atoms with Crippen molar-refractivity contribution in [2.45, 2.75) is 168 Å². The molecule has 0 spiro atoms. The van der Waals surface area contributed by atoms with Gasteiger partial charge in [0.15, 0.2) is 0 Å². The molecule has 31 heavy (non-hydrogen) atoms. The lowest BCUT2D eigenvalue weighted by molar-refractivity contribution is -0.107. The SMILES string of the molecule is CCCCCCCCCCCCCCCCCC[C@H](C)[C@H](CCCCCCC=O)OC. The smallest absolute Gasteiger partial charge is 0.119 e. The van der Waals surface area contributed by atoms with Crippen LogP contribution in [0.3, 0.4) is 0 Å². The summed E-state index contributed by atoms with van der Waals surface area (Å²) in [6.07, 6.45) is 32.3. The Bertz CT molecular complexity index is 342. The number of aldehydes is 1. The van der Waals surface area contributed by atoms with Gasteiger partial charge in [-0.15, -0.1) is 0 Å². The molecule has 0 radical (unpaired) electrons. The van der Waals surface area contributed by atoms with E-state index < -0.39 is 0 Å². The van der Waals surface area contributed by atoms with Crippen LogP contribution in [-0.4, -0.2) is 19.5 Å². The van der Waals surface area contributed by atoms with E-state index in [0.717, 1.165) is 19.1 Å². The number of carbonyl (C=O) groups excluding carboxylic acids is 1. The van der Waals surface area contributed by atoms with Crippen molar-refractivity contribution in [1.29, 1.82) is 0 Å². The molecule has 0 heterocycles. The van der Waals surface area contributed by atoms with Crippen LogP contribution in [0.5, 0.6) is 0 Å². The van der Waals surface area contributed by atoms with Crippen molar-refractivity contribution in [2.75, 3.05) is 7.11 Å². The summed E-state index contributed by atoms with van der Waals surface area (Å²) < 4.78 is 5.76. The average Bonchev–Trinajstić information content (AvgIpc) is 2.78. The van der Waals surface area contributed by atoms with E-state index in [1.807, 2.05) is 7.11 Å². The predicted octanol–water partition coefficient (Wildman–Crippen LogP) is 9.83. The second kappa shape index (κ2) is 25.9. The molecular weight excluding hydrogens is 380 g/mol. The first kappa shape index (κ1) is 30.6. The molecule has 0 rings (SSSR count). The number of rotatable bonds is 26. The van der Waals surface area contributed by atoms with Gasteiger partial charge in [0.25, 0.3) is 0 Å². The Balaban J connectivity index is 3.36. The van der Waals surface area contributed by atoms with Crippen molar-refractivity contribution < 1.29 is 9.53 Å². The highest BCUT2D eigenvalue weighted by Crippen LogP contribution is 2.21. The highest BCUT2D eigenvalue weighted by molar-refractivity contribution is 5.48. The van der Waals surface area contributed by atoms with Gasteiger partial charge in [-0.3, -0.25) is 0 Å². The van der Waals surface area contributed by atoms with E-state index in [1.165, 1.54) is 135 Å². The van der Waals surface area contributed by atoms with Gasteiger partial charge >= 0.3 is 0 Å². The highest BCUT2D eigenvalue weighted by atomic mass is 16.5. The second-order valence-electron chi connectivity index (χ2n) is 10.0. The molecule has 0 saturated heterocycles. The van der Waals surface area contributed by atoms with E-state index in [1.54, 1.807) is 0 Å². The minimum Gasteiger partial charge on any atom is -0.381 e. The maximum Gasteiger partial charge on any atom is 0.119 e. The quantitative estimate of drug-likeness (QED) is 0.0991. The molecule has 186 valence electrons. The van der Waals surface area contributed by atoms with Crippen LogP contribution in [0.15, 0.2) is 0 Å². The Hall–Kier alpha value is -0.370. The lowest BCUT2D eigenvalue weighted by Gasteiger charge is -2.22. The largest absolute Gasteiger partial charge is 0.381 e. The van der Waals surface area contributed by atoms with Crippen LogP contribution in [0.4, 0.5) is 0 Å².